The van der Waals surface area contributed by atoms with Crippen LogP contribution in [-0.2, 0) is 11.3 Å². The Bertz CT molecular complexity index is 286. The smallest absolute Gasteiger partial charge is 0.0716 e. The molecule has 96 valence electrons. The molecule has 0 amide bonds. The molecule has 0 saturated heterocycles. The molecule has 17 heavy (non-hydrogen) atoms. The third-order valence-corrected chi connectivity index (χ3v) is 4.62. The molecule has 0 saturated carbocycles. The number of alkyl halides is 1. The number of rotatable bonds is 8. The SMILES string of the molecule is CCC(Br)C(C)CCCOCc1ccccc1. The minimum atomic E-state index is 0.650. The van der Waals surface area contributed by atoms with Crippen LogP contribution in [0.15, 0.2) is 30.3 Å². The van der Waals surface area contributed by atoms with E-state index < -0.39 is 0 Å². The summed E-state index contributed by atoms with van der Waals surface area (Å²) in [4.78, 5) is 0.650. The van der Waals surface area contributed by atoms with Crippen molar-refractivity contribution in [2.75, 3.05) is 6.61 Å². The Morgan fingerprint density at radius 2 is 1.94 bits per heavy atom. The van der Waals surface area contributed by atoms with Crippen LogP contribution in [0.1, 0.15) is 38.7 Å². The van der Waals surface area contributed by atoms with Gasteiger partial charge >= 0.3 is 0 Å². The summed E-state index contributed by atoms with van der Waals surface area (Å²) in [6.07, 6.45) is 3.58. The maximum Gasteiger partial charge on any atom is 0.0716 e. The van der Waals surface area contributed by atoms with Gasteiger partial charge in [0.25, 0.3) is 0 Å². The molecular formula is C15H23BrO. The lowest BCUT2D eigenvalue weighted by molar-refractivity contribution is 0.114. The van der Waals surface area contributed by atoms with Gasteiger partial charge in [0.05, 0.1) is 6.61 Å². The first kappa shape index (κ1) is 14.7. The normalized spacial score (nSPS) is 14.5. The number of hydrogen-bond acceptors (Lipinski definition) is 1. The van der Waals surface area contributed by atoms with Crippen molar-refractivity contribution >= 4 is 15.9 Å². The van der Waals surface area contributed by atoms with Gasteiger partial charge in [0.2, 0.25) is 0 Å². The van der Waals surface area contributed by atoms with E-state index in [0.29, 0.717) is 4.83 Å². The highest BCUT2D eigenvalue weighted by molar-refractivity contribution is 9.09. The molecule has 0 aliphatic carbocycles. The fourth-order valence-electron chi connectivity index (χ4n) is 1.85. The minimum Gasteiger partial charge on any atom is -0.377 e. The Labute approximate surface area is 114 Å². The van der Waals surface area contributed by atoms with Crippen LogP contribution >= 0.6 is 15.9 Å². The molecule has 2 unspecified atom stereocenters. The van der Waals surface area contributed by atoms with Crippen LogP contribution in [0.4, 0.5) is 0 Å². The van der Waals surface area contributed by atoms with E-state index in [1.807, 2.05) is 6.07 Å². The van der Waals surface area contributed by atoms with Crippen molar-refractivity contribution < 1.29 is 4.74 Å². The van der Waals surface area contributed by atoms with Gasteiger partial charge in [-0.05, 0) is 30.7 Å². The van der Waals surface area contributed by atoms with Crippen molar-refractivity contribution in [1.82, 2.24) is 0 Å². The number of benzene rings is 1. The Kier molecular flexibility index (Phi) is 7.54. The Hall–Kier alpha value is -0.340. The summed E-state index contributed by atoms with van der Waals surface area (Å²) >= 11 is 3.71. The zero-order chi connectivity index (χ0) is 12.5. The van der Waals surface area contributed by atoms with Gasteiger partial charge in [-0.25, -0.2) is 0 Å². The lowest BCUT2D eigenvalue weighted by Crippen LogP contribution is -2.10. The summed E-state index contributed by atoms with van der Waals surface area (Å²) in [6, 6.07) is 10.4. The predicted octanol–water partition coefficient (Wildman–Crippen LogP) is 4.79. The fraction of sp³-hybridized carbons (Fsp3) is 0.600. The monoisotopic (exact) mass is 298 g/mol. The first-order chi connectivity index (χ1) is 8.24. The summed E-state index contributed by atoms with van der Waals surface area (Å²) < 4.78 is 5.67. The second-order valence-electron chi connectivity index (χ2n) is 4.58. The van der Waals surface area contributed by atoms with E-state index in [0.717, 1.165) is 25.6 Å². The highest BCUT2D eigenvalue weighted by Gasteiger charge is 2.10. The molecular weight excluding hydrogens is 276 g/mol. The summed E-state index contributed by atoms with van der Waals surface area (Å²) in [6.45, 7) is 6.13. The van der Waals surface area contributed by atoms with Crippen LogP contribution in [0.25, 0.3) is 0 Å². The lowest BCUT2D eigenvalue weighted by Gasteiger charge is -2.16. The quantitative estimate of drug-likeness (QED) is 0.495. The van der Waals surface area contributed by atoms with Crippen LogP contribution in [0.2, 0.25) is 0 Å². The molecule has 0 radical (unpaired) electrons. The van der Waals surface area contributed by atoms with Gasteiger partial charge in [-0.15, -0.1) is 0 Å². The van der Waals surface area contributed by atoms with E-state index in [-0.39, 0.29) is 0 Å². The molecule has 0 spiro atoms. The Balaban J connectivity index is 2.05. The molecule has 0 fully saturated rings. The zero-order valence-corrected chi connectivity index (χ0v) is 12.4. The summed E-state index contributed by atoms with van der Waals surface area (Å²) in [5.74, 6) is 0.736. The van der Waals surface area contributed by atoms with E-state index in [1.54, 1.807) is 0 Å². The van der Waals surface area contributed by atoms with Crippen LogP contribution < -0.4 is 0 Å². The van der Waals surface area contributed by atoms with E-state index >= 15 is 0 Å². The Morgan fingerprint density at radius 1 is 1.24 bits per heavy atom. The molecule has 0 bridgehead atoms. The maximum atomic E-state index is 5.67. The molecule has 2 atom stereocenters. The first-order valence-electron chi connectivity index (χ1n) is 6.49. The summed E-state index contributed by atoms with van der Waals surface area (Å²) in [5, 5.41) is 0. The van der Waals surface area contributed by atoms with Gasteiger partial charge in [0.1, 0.15) is 0 Å². The zero-order valence-electron chi connectivity index (χ0n) is 10.9. The third-order valence-electron chi connectivity index (χ3n) is 3.07. The summed E-state index contributed by atoms with van der Waals surface area (Å²) in [5.41, 5.74) is 1.26. The highest BCUT2D eigenvalue weighted by Crippen LogP contribution is 2.20. The minimum absolute atomic E-state index is 0.650. The molecule has 0 aliphatic heterocycles. The Morgan fingerprint density at radius 3 is 2.59 bits per heavy atom. The number of halogens is 1. The molecule has 1 aromatic carbocycles. The standard InChI is InChI=1S/C15H23BrO/c1-3-15(16)13(2)8-7-11-17-12-14-9-5-4-6-10-14/h4-6,9-10,13,15H,3,7-8,11-12H2,1-2H3. The second-order valence-corrected chi connectivity index (χ2v) is 5.76. The largest absolute Gasteiger partial charge is 0.377 e. The van der Waals surface area contributed by atoms with Crippen molar-refractivity contribution in [1.29, 1.82) is 0 Å². The number of ether oxygens (including phenoxy) is 1. The average molecular weight is 299 g/mol. The molecule has 1 nitrogen and oxygen atoms in total. The molecule has 0 aliphatic rings. The van der Waals surface area contributed by atoms with Gasteiger partial charge in [-0.3, -0.25) is 0 Å². The van der Waals surface area contributed by atoms with Gasteiger partial charge in [0.15, 0.2) is 0 Å². The van der Waals surface area contributed by atoms with Crippen LogP contribution in [0, 0.1) is 5.92 Å². The van der Waals surface area contributed by atoms with Gasteiger partial charge < -0.3 is 4.74 Å². The molecule has 0 N–H and O–H groups in total. The van der Waals surface area contributed by atoms with Crippen molar-refractivity contribution in [2.24, 2.45) is 5.92 Å². The maximum absolute atomic E-state index is 5.67. The molecule has 0 heterocycles. The predicted molar refractivity (Wildman–Crippen MR) is 77.5 cm³/mol. The lowest BCUT2D eigenvalue weighted by atomic mass is 10.0. The van der Waals surface area contributed by atoms with Crippen LogP contribution in [-0.4, -0.2) is 11.4 Å². The van der Waals surface area contributed by atoms with Crippen molar-refractivity contribution in [3.05, 3.63) is 35.9 Å². The fourth-order valence-corrected chi connectivity index (χ4v) is 2.12. The average Bonchev–Trinajstić information content (AvgIpc) is 2.38. The number of hydrogen-bond donors (Lipinski definition) is 0. The van der Waals surface area contributed by atoms with Crippen molar-refractivity contribution in [3.63, 3.8) is 0 Å². The van der Waals surface area contributed by atoms with Crippen molar-refractivity contribution in [3.8, 4) is 0 Å². The van der Waals surface area contributed by atoms with Crippen LogP contribution in [0.3, 0.4) is 0 Å². The third kappa shape index (κ3) is 6.23. The molecule has 2 heteroatoms. The van der Waals surface area contributed by atoms with Crippen LogP contribution in [0.5, 0.6) is 0 Å². The van der Waals surface area contributed by atoms with E-state index in [2.05, 4.69) is 54.0 Å². The highest BCUT2D eigenvalue weighted by atomic mass is 79.9. The van der Waals surface area contributed by atoms with E-state index in [1.165, 1.54) is 18.4 Å². The summed E-state index contributed by atoms with van der Waals surface area (Å²) in [7, 11) is 0. The first-order valence-corrected chi connectivity index (χ1v) is 7.41. The van der Waals surface area contributed by atoms with Crippen molar-refractivity contribution in [2.45, 2.75) is 44.5 Å². The van der Waals surface area contributed by atoms with Gasteiger partial charge in [-0.2, -0.15) is 0 Å². The van der Waals surface area contributed by atoms with Gasteiger partial charge in [-0.1, -0.05) is 60.1 Å². The molecule has 0 aromatic heterocycles. The van der Waals surface area contributed by atoms with E-state index in [4.69, 9.17) is 4.74 Å². The molecule has 1 rings (SSSR count). The topological polar surface area (TPSA) is 9.23 Å². The second kappa shape index (κ2) is 8.71. The van der Waals surface area contributed by atoms with E-state index in [9.17, 15) is 0 Å². The molecule has 1 aromatic rings. The van der Waals surface area contributed by atoms with Gasteiger partial charge in [0, 0.05) is 11.4 Å².